The molecule has 5 heteroatoms. The lowest BCUT2D eigenvalue weighted by Crippen LogP contribution is -2.10. The summed E-state index contributed by atoms with van der Waals surface area (Å²) >= 11 is 6.72. The van der Waals surface area contributed by atoms with Crippen LogP contribution in [0, 0.1) is 0 Å². The molecule has 11 heavy (non-hydrogen) atoms. The molecular weight excluding hydrogens is 202 g/mol. The predicted octanol–water partition coefficient (Wildman–Crippen LogP) is 2.17. The molecule has 0 radical (unpaired) electrons. The number of nitrogens with one attached hydrogen (secondary N) is 1. The molecule has 0 aliphatic carbocycles. The van der Waals surface area contributed by atoms with Crippen molar-refractivity contribution in [3.63, 3.8) is 0 Å². The van der Waals surface area contributed by atoms with Gasteiger partial charge in [-0.25, -0.2) is 8.93 Å². The van der Waals surface area contributed by atoms with E-state index in [2.05, 4.69) is 11.3 Å². The van der Waals surface area contributed by atoms with Crippen LogP contribution in [0.15, 0.2) is 21.3 Å². The fourth-order valence-corrected chi connectivity index (χ4v) is 2.41. The quantitative estimate of drug-likeness (QED) is 0.773. The molecule has 0 aromatic carbocycles. The van der Waals surface area contributed by atoms with Gasteiger partial charge in [0.2, 0.25) is 0 Å². The molecule has 0 amide bonds. The van der Waals surface area contributed by atoms with E-state index >= 15 is 0 Å². The minimum Gasteiger partial charge on any atom is -0.237 e. The van der Waals surface area contributed by atoms with Crippen LogP contribution in [0.4, 0.5) is 0 Å². The summed E-state index contributed by atoms with van der Waals surface area (Å²) in [5.41, 5.74) is 0. The van der Waals surface area contributed by atoms with Crippen LogP contribution in [0.25, 0.3) is 0 Å². The van der Waals surface area contributed by atoms with E-state index in [-0.39, 0.29) is 0 Å². The second-order valence-corrected chi connectivity index (χ2v) is 5.00. The lowest BCUT2D eigenvalue weighted by atomic mass is 10.8. The van der Waals surface area contributed by atoms with Crippen molar-refractivity contribution in [2.75, 3.05) is 7.05 Å². The Labute approximate surface area is 78.7 Å². The number of thioether (sulfide) groups is 1. The monoisotopic (exact) mass is 211 g/mol. The highest BCUT2D eigenvalue weighted by atomic mass is 35.5. The first kappa shape index (κ1) is 11.2. The van der Waals surface area contributed by atoms with Gasteiger partial charge in [-0.3, -0.25) is 0 Å². The van der Waals surface area contributed by atoms with Gasteiger partial charge in [0, 0.05) is 0 Å². The van der Waals surface area contributed by atoms with Crippen molar-refractivity contribution < 1.29 is 4.21 Å². The van der Waals surface area contributed by atoms with Crippen LogP contribution in [0.3, 0.4) is 0 Å². The van der Waals surface area contributed by atoms with Crippen LogP contribution in [0.5, 0.6) is 0 Å². The molecule has 0 saturated carbocycles. The van der Waals surface area contributed by atoms with Crippen LogP contribution in [-0.2, 0) is 11.0 Å². The van der Waals surface area contributed by atoms with Crippen molar-refractivity contribution in [1.82, 2.24) is 4.72 Å². The van der Waals surface area contributed by atoms with Gasteiger partial charge < -0.3 is 0 Å². The molecule has 0 spiro atoms. The molecule has 0 heterocycles. The Morgan fingerprint density at radius 1 is 1.82 bits per heavy atom. The Hall–Kier alpha value is 0.230. The Bertz CT molecular complexity index is 203. The first-order valence-corrected chi connectivity index (χ1v) is 5.24. The summed E-state index contributed by atoms with van der Waals surface area (Å²) in [6.07, 6.45) is 1.74. The molecule has 0 rings (SSSR count). The Morgan fingerprint density at radius 2 is 2.36 bits per heavy atom. The largest absolute Gasteiger partial charge is 0.237 e. The average molecular weight is 212 g/mol. The fourth-order valence-electron chi connectivity index (χ4n) is 0.414. The molecule has 0 bridgehead atoms. The van der Waals surface area contributed by atoms with Crippen molar-refractivity contribution >= 4 is 34.3 Å². The van der Waals surface area contributed by atoms with Gasteiger partial charge in [0.1, 0.15) is 11.0 Å². The lowest BCUT2D eigenvalue weighted by molar-refractivity contribution is 0.683. The average Bonchev–Trinajstić information content (AvgIpc) is 1.98. The number of allylic oxidation sites excluding steroid dienone is 1. The van der Waals surface area contributed by atoms with Crippen molar-refractivity contribution in [2.45, 2.75) is 6.92 Å². The topological polar surface area (TPSA) is 29.1 Å². The van der Waals surface area contributed by atoms with Gasteiger partial charge in [-0.05, 0) is 14.0 Å². The third kappa shape index (κ3) is 4.63. The number of hydrogen-bond donors (Lipinski definition) is 1. The van der Waals surface area contributed by atoms with Crippen LogP contribution >= 0.6 is 23.4 Å². The van der Waals surface area contributed by atoms with Gasteiger partial charge in [-0.2, -0.15) is 0 Å². The third-order valence-electron chi connectivity index (χ3n) is 0.815. The fraction of sp³-hybridized carbons (Fsp3) is 0.333. The van der Waals surface area contributed by atoms with Crippen molar-refractivity contribution in [3.05, 3.63) is 21.3 Å². The summed E-state index contributed by atoms with van der Waals surface area (Å²) < 4.78 is 14.8. The Balaban J connectivity index is 4.20. The van der Waals surface area contributed by atoms with Gasteiger partial charge in [-0.15, -0.1) is 0 Å². The highest BCUT2D eigenvalue weighted by Gasteiger charge is 2.05. The van der Waals surface area contributed by atoms with Crippen LogP contribution in [-0.4, -0.2) is 11.3 Å². The minimum absolute atomic E-state index is 0.418. The zero-order valence-corrected chi connectivity index (χ0v) is 8.78. The maximum atomic E-state index is 11.1. The molecule has 0 aromatic heterocycles. The zero-order valence-electron chi connectivity index (χ0n) is 6.39. The summed E-state index contributed by atoms with van der Waals surface area (Å²) in [4.78, 5) is 0. The smallest absolute Gasteiger partial charge is 0.131 e. The molecule has 0 saturated heterocycles. The number of rotatable bonds is 4. The van der Waals surface area contributed by atoms with Gasteiger partial charge in [0.05, 0.1) is 8.60 Å². The van der Waals surface area contributed by atoms with E-state index in [0.717, 1.165) is 0 Å². The third-order valence-corrected chi connectivity index (χ3v) is 3.38. The summed E-state index contributed by atoms with van der Waals surface area (Å²) in [6, 6.07) is 0. The molecule has 1 atom stereocenters. The van der Waals surface area contributed by atoms with Crippen molar-refractivity contribution in [1.29, 1.82) is 0 Å². The molecule has 1 unspecified atom stereocenters. The van der Waals surface area contributed by atoms with E-state index in [9.17, 15) is 4.21 Å². The minimum atomic E-state index is -1.16. The highest BCUT2D eigenvalue weighted by Crippen LogP contribution is 2.27. The standard InChI is InChI=1S/C6H10ClNOS2/c1-4-6(10-5(2)7)11(9)8-3/h4,8H,2H2,1,3H3/b6-4+. The normalized spacial score (nSPS) is 14.6. The van der Waals surface area contributed by atoms with E-state index in [1.807, 2.05) is 0 Å². The molecular formula is C6H10ClNOS2. The highest BCUT2D eigenvalue weighted by molar-refractivity contribution is 8.19. The molecule has 2 nitrogen and oxygen atoms in total. The van der Waals surface area contributed by atoms with E-state index in [1.54, 1.807) is 20.0 Å². The van der Waals surface area contributed by atoms with Crippen LogP contribution in [0.2, 0.25) is 0 Å². The first-order chi connectivity index (χ1) is 5.11. The predicted molar refractivity (Wildman–Crippen MR) is 53.5 cm³/mol. The summed E-state index contributed by atoms with van der Waals surface area (Å²) in [5, 5.41) is 0. The SMILES string of the molecule is C=C(Cl)S/C(=C\C)S(=O)NC. The number of hydrogen-bond acceptors (Lipinski definition) is 2. The zero-order chi connectivity index (χ0) is 8.85. The Morgan fingerprint density at radius 3 is 2.64 bits per heavy atom. The molecule has 1 N–H and O–H groups in total. The molecule has 0 fully saturated rings. The molecule has 64 valence electrons. The maximum absolute atomic E-state index is 11.1. The first-order valence-electron chi connectivity index (χ1n) is 2.89. The number of halogens is 1. The summed E-state index contributed by atoms with van der Waals surface area (Å²) in [6.45, 7) is 5.29. The van der Waals surface area contributed by atoms with Gasteiger partial charge >= 0.3 is 0 Å². The van der Waals surface area contributed by atoms with Gasteiger partial charge in [0.15, 0.2) is 0 Å². The second-order valence-electron chi connectivity index (χ2n) is 1.54. The van der Waals surface area contributed by atoms with Gasteiger partial charge in [-0.1, -0.05) is 36.0 Å². The van der Waals surface area contributed by atoms with E-state index < -0.39 is 11.0 Å². The van der Waals surface area contributed by atoms with Crippen LogP contribution in [0.1, 0.15) is 6.92 Å². The summed E-state index contributed by atoms with van der Waals surface area (Å²) in [7, 11) is 0.466. The maximum Gasteiger partial charge on any atom is 0.131 e. The lowest BCUT2D eigenvalue weighted by Gasteiger charge is -2.02. The van der Waals surface area contributed by atoms with Crippen molar-refractivity contribution in [2.24, 2.45) is 0 Å². The molecule has 0 aliphatic rings. The summed E-state index contributed by atoms with van der Waals surface area (Å²) in [5.74, 6) is 0. The van der Waals surface area contributed by atoms with Crippen LogP contribution < -0.4 is 4.72 Å². The Kier molecular flexibility index (Phi) is 5.95. The van der Waals surface area contributed by atoms with Gasteiger partial charge in [0.25, 0.3) is 0 Å². The molecule has 0 aliphatic heterocycles. The van der Waals surface area contributed by atoms with E-state index in [1.165, 1.54) is 11.8 Å². The van der Waals surface area contributed by atoms with Crippen molar-refractivity contribution in [3.8, 4) is 0 Å². The molecule has 0 aromatic rings. The van der Waals surface area contributed by atoms with E-state index in [4.69, 9.17) is 11.6 Å². The van der Waals surface area contributed by atoms with E-state index in [0.29, 0.717) is 8.60 Å². The second kappa shape index (κ2) is 5.83.